The van der Waals surface area contributed by atoms with Gasteiger partial charge in [-0.3, -0.25) is 24.4 Å². The Morgan fingerprint density at radius 1 is 1.19 bits per heavy atom. The number of pyridine rings is 3. The summed E-state index contributed by atoms with van der Waals surface area (Å²) in [7, 11) is 0. The Morgan fingerprint density at radius 2 is 2.00 bits per heavy atom. The molecule has 0 aromatic carbocycles. The summed E-state index contributed by atoms with van der Waals surface area (Å²) >= 11 is 0. The first-order valence-corrected chi connectivity index (χ1v) is 10.8. The zero-order valence-electron chi connectivity index (χ0n) is 17.9. The van der Waals surface area contributed by atoms with Crippen LogP contribution in [0.3, 0.4) is 0 Å². The first-order chi connectivity index (χ1) is 15.5. The van der Waals surface area contributed by atoms with Crippen molar-refractivity contribution in [1.29, 1.82) is 5.41 Å². The summed E-state index contributed by atoms with van der Waals surface area (Å²) in [6.45, 7) is 3.80. The predicted molar refractivity (Wildman–Crippen MR) is 120 cm³/mol. The number of carbonyl (C=O) groups excluding carboxylic acids is 1. The number of nitrogens with zero attached hydrogens (tertiary/aromatic N) is 5. The number of hydrogen-bond acceptors (Lipinski definition) is 5. The highest BCUT2D eigenvalue weighted by molar-refractivity contribution is 5.97. The SMILES string of the molecule is CC1CCN(C(=O)c2cc3c(=O)n4ccccc4nc3n(Cc3cccnc3)c2=N)CC1. The number of piperidine rings is 1. The Hall–Kier alpha value is -3.81. The molecule has 0 spiro atoms. The Balaban J connectivity index is 1.74. The van der Waals surface area contributed by atoms with Gasteiger partial charge >= 0.3 is 0 Å². The Morgan fingerprint density at radius 3 is 2.75 bits per heavy atom. The van der Waals surface area contributed by atoms with Crippen LogP contribution in [-0.4, -0.2) is 42.8 Å². The largest absolute Gasteiger partial charge is 0.339 e. The molecule has 1 fully saturated rings. The van der Waals surface area contributed by atoms with Crippen molar-refractivity contribution in [3.05, 3.63) is 82.0 Å². The van der Waals surface area contributed by atoms with Gasteiger partial charge in [-0.25, -0.2) is 4.98 Å². The molecular formula is C24H24N6O2. The number of nitrogens with one attached hydrogen (secondary N) is 1. The summed E-state index contributed by atoms with van der Waals surface area (Å²) in [5.41, 5.74) is 1.76. The van der Waals surface area contributed by atoms with Gasteiger partial charge in [0.15, 0.2) is 0 Å². The molecule has 5 heterocycles. The van der Waals surface area contributed by atoms with E-state index in [1.807, 2.05) is 18.2 Å². The third kappa shape index (κ3) is 3.47. The van der Waals surface area contributed by atoms with E-state index in [4.69, 9.17) is 5.41 Å². The molecule has 1 N–H and O–H groups in total. The fourth-order valence-electron chi connectivity index (χ4n) is 4.26. The average Bonchev–Trinajstić information content (AvgIpc) is 2.82. The summed E-state index contributed by atoms with van der Waals surface area (Å²) in [4.78, 5) is 37.3. The van der Waals surface area contributed by atoms with Crippen LogP contribution in [0.25, 0.3) is 16.7 Å². The lowest BCUT2D eigenvalue weighted by Gasteiger charge is -2.30. The van der Waals surface area contributed by atoms with Crippen LogP contribution in [-0.2, 0) is 6.54 Å². The summed E-state index contributed by atoms with van der Waals surface area (Å²) < 4.78 is 3.11. The van der Waals surface area contributed by atoms with Gasteiger partial charge in [0.25, 0.3) is 11.5 Å². The highest BCUT2D eigenvalue weighted by Gasteiger charge is 2.25. The summed E-state index contributed by atoms with van der Waals surface area (Å²) in [6.07, 6.45) is 6.95. The van der Waals surface area contributed by atoms with E-state index in [0.29, 0.717) is 35.7 Å². The maximum Gasteiger partial charge on any atom is 0.267 e. The second kappa shape index (κ2) is 8.03. The van der Waals surface area contributed by atoms with Crippen molar-refractivity contribution in [3.63, 3.8) is 0 Å². The van der Waals surface area contributed by atoms with Crippen LogP contribution < -0.4 is 11.0 Å². The third-order valence-electron chi connectivity index (χ3n) is 6.18. The monoisotopic (exact) mass is 428 g/mol. The zero-order valence-corrected chi connectivity index (χ0v) is 17.9. The van der Waals surface area contributed by atoms with E-state index in [0.717, 1.165) is 18.4 Å². The Kier molecular flexibility index (Phi) is 5.05. The predicted octanol–water partition coefficient (Wildman–Crippen LogP) is 2.44. The maximum atomic E-state index is 13.4. The Bertz CT molecular complexity index is 1430. The fraction of sp³-hybridized carbons (Fsp3) is 0.292. The molecular weight excluding hydrogens is 404 g/mol. The molecule has 0 aliphatic carbocycles. The van der Waals surface area contributed by atoms with Crippen LogP contribution in [0.2, 0.25) is 0 Å². The highest BCUT2D eigenvalue weighted by atomic mass is 16.2. The van der Waals surface area contributed by atoms with Crippen molar-refractivity contribution in [2.24, 2.45) is 5.92 Å². The van der Waals surface area contributed by atoms with E-state index in [-0.39, 0.29) is 29.1 Å². The molecule has 4 aromatic rings. The maximum absolute atomic E-state index is 13.4. The average molecular weight is 428 g/mol. The van der Waals surface area contributed by atoms with Crippen LogP contribution in [0.4, 0.5) is 0 Å². The first-order valence-electron chi connectivity index (χ1n) is 10.8. The molecule has 0 bridgehead atoms. The van der Waals surface area contributed by atoms with Gasteiger partial charge in [-0.1, -0.05) is 19.1 Å². The topological polar surface area (TPSA) is 96.3 Å². The van der Waals surface area contributed by atoms with Crippen LogP contribution in [0, 0.1) is 11.3 Å². The minimum atomic E-state index is -0.258. The van der Waals surface area contributed by atoms with E-state index in [1.165, 1.54) is 4.40 Å². The molecule has 5 rings (SSSR count). The number of fused-ring (bicyclic) bond motifs is 2. The molecule has 4 aromatic heterocycles. The number of rotatable bonds is 3. The smallest absolute Gasteiger partial charge is 0.267 e. The van der Waals surface area contributed by atoms with Gasteiger partial charge in [-0.05, 0) is 48.6 Å². The lowest BCUT2D eigenvalue weighted by molar-refractivity contribution is 0.0694. The standard InChI is InChI=1S/C24H24N6O2/c1-16-7-11-28(12-8-16)23(31)18-13-19-22(27-20-6-2-3-10-29(20)24(19)32)30(21(18)25)15-17-5-4-9-26-14-17/h2-6,9-10,13-14,16,25H,7-8,11-12,15H2,1H3. The molecule has 162 valence electrons. The number of hydrogen-bond donors (Lipinski definition) is 1. The summed E-state index contributed by atoms with van der Waals surface area (Å²) in [5.74, 6) is 0.378. The number of amides is 1. The minimum absolute atomic E-state index is 0.0529. The molecule has 1 aliphatic rings. The molecule has 8 heteroatoms. The van der Waals surface area contributed by atoms with E-state index >= 15 is 0 Å². The van der Waals surface area contributed by atoms with Crippen LogP contribution in [0.5, 0.6) is 0 Å². The lowest BCUT2D eigenvalue weighted by atomic mass is 9.98. The van der Waals surface area contributed by atoms with E-state index in [2.05, 4.69) is 16.9 Å². The van der Waals surface area contributed by atoms with Gasteiger partial charge in [0.1, 0.15) is 16.8 Å². The minimum Gasteiger partial charge on any atom is -0.339 e. The summed E-state index contributed by atoms with van der Waals surface area (Å²) in [5, 5.41) is 9.21. The molecule has 1 saturated heterocycles. The molecule has 0 radical (unpaired) electrons. The molecule has 32 heavy (non-hydrogen) atoms. The molecule has 0 saturated carbocycles. The van der Waals surface area contributed by atoms with Crippen molar-refractivity contribution in [3.8, 4) is 0 Å². The molecule has 0 unspecified atom stereocenters. The quantitative estimate of drug-likeness (QED) is 0.507. The van der Waals surface area contributed by atoms with E-state index in [9.17, 15) is 9.59 Å². The molecule has 8 nitrogen and oxygen atoms in total. The zero-order chi connectivity index (χ0) is 22.2. The molecule has 1 amide bonds. The van der Waals surface area contributed by atoms with Gasteiger partial charge in [-0.15, -0.1) is 0 Å². The van der Waals surface area contributed by atoms with Crippen molar-refractivity contribution in [1.82, 2.24) is 23.8 Å². The van der Waals surface area contributed by atoms with Crippen LogP contribution >= 0.6 is 0 Å². The Labute approximate surface area is 184 Å². The van der Waals surface area contributed by atoms with Gasteiger partial charge in [0.2, 0.25) is 0 Å². The second-order valence-corrected chi connectivity index (χ2v) is 8.41. The van der Waals surface area contributed by atoms with Crippen molar-refractivity contribution < 1.29 is 4.79 Å². The van der Waals surface area contributed by atoms with Gasteiger partial charge < -0.3 is 9.47 Å². The third-order valence-corrected chi connectivity index (χ3v) is 6.18. The van der Waals surface area contributed by atoms with Crippen molar-refractivity contribution >= 4 is 22.6 Å². The first kappa shape index (κ1) is 20.1. The van der Waals surface area contributed by atoms with Gasteiger partial charge in [-0.2, -0.15) is 0 Å². The normalized spacial score (nSPS) is 14.8. The molecule has 0 atom stereocenters. The number of likely N-dealkylation sites (tertiary alicyclic amines) is 1. The fourth-order valence-corrected chi connectivity index (χ4v) is 4.26. The van der Waals surface area contributed by atoms with Crippen molar-refractivity contribution in [2.75, 3.05) is 13.1 Å². The summed E-state index contributed by atoms with van der Waals surface area (Å²) in [6, 6.07) is 10.6. The van der Waals surface area contributed by atoms with E-state index < -0.39 is 0 Å². The molecule has 1 aliphatic heterocycles. The van der Waals surface area contributed by atoms with E-state index in [1.54, 1.807) is 46.3 Å². The number of aromatic nitrogens is 4. The highest BCUT2D eigenvalue weighted by Crippen LogP contribution is 2.19. The van der Waals surface area contributed by atoms with Crippen LogP contribution in [0.1, 0.15) is 35.7 Å². The number of carbonyl (C=O) groups is 1. The second-order valence-electron chi connectivity index (χ2n) is 8.41. The van der Waals surface area contributed by atoms with Gasteiger partial charge in [0.05, 0.1) is 17.5 Å². The van der Waals surface area contributed by atoms with Gasteiger partial charge in [0, 0.05) is 31.7 Å². The lowest BCUT2D eigenvalue weighted by Crippen LogP contribution is -2.41. The van der Waals surface area contributed by atoms with Crippen molar-refractivity contribution in [2.45, 2.75) is 26.3 Å². The van der Waals surface area contributed by atoms with Crippen LogP contribution in [0.15, 0.2) is 59.8 Å².